The maximum absolute atomic E-state index is 11.7. The number of methoxy groups -OCH3 is 1. The van der Waals surface area contributed by atoms with Gasteiger partial charge in [0.05, 0.1) is 0 Å². The minimum atomic E-state index is -0.539. The van der Waals surface area contributed by atoms with Crippen LogP contribution in [-0.4, -0.2) is 19.2 Å². The van der Waals surface area contributed by atoms with Crippen molar-refractivity contribution in [1.82, 2.24) is 0 Å². The van der Waals surface area contributed by atoms with Crippen LogP contribution in [0.15, 0.2) is 42.5 Å². The molecule has 2 atom stereocenters. The zero-order valence-corrected chi connectivity index (χ0v) is 11.4. The highest BCUT2D eigenvalue weighted by atomic mass is 16.6. The summed E-state index contributed by atoms with van der Waals surface area (Å²) < 4.78 is 10.3. The van der Waals surface area contributed by atoms with E-state index in [9.17, 15) is 4.79 Å². The van der Waals surface area contributed by atoms with Crippen LogP contribution in [0.1, 0.15) is 25.5 Å². The van der Waals surface area contributed by atoms with E-state index in [1.165, 1.54) is 12.5 Å². The first kappa shape index (κ1) is 13.6. The summed E-state index contributed by atoms with van der Waals surface area (Å²) in [5.41, 5.74) is 0.982. The summed E-state index contributed by atoms with van der Waals surface area (Å²) >= 11 is 0. The van der Waals surface area contributed by atoms with Gasteiger partial charge in [-0.15, -0.1) is 0 Å². The Morgan fingerprint density at radius 3 is 2.42 bits per heavy atom. The van der Waals surface area contributed by atoms with Gasteiger partial charge in [0.15, 0.2) is 6.10 Å². The Balaban J connectivity index is 2.17. The molecule has 3 nitrogen and oxygen atoms in total. The molecule has 0 spiro atoms. The Morgan fingerprint density at radius 1 is 1.05 bits per heavy atom. The third-order valence-electron chi connectivity index (χ3n) is 3.22. The van der Waals surface area contributed by atoms with Gasteiger partial charge in [-0.3, -0.25) is 0 Å². The van der Waals surface area contributed by atoms with E-state index in [1.54, 1.807) is 6.92 Å². The molecule has 2 aromatic rings. The summed E-state index contributed by atoms with van der Waals surface area (Å²) in [5, 5.41) is 2.32. The molecule has 0 saturated carbocycles. The van der Waals surface area contributed by atoms with Crippen LogP contribution in [0.2, 0.25) is 0 Å². The molecule has 0 heterocycles. The van der Waals surface area contributed by atoms with Crippen molar-refractivity contribution in [3.05, 3.63) is 48.0 Å². The fourth-order valence-corrected chi connectivity index (χ4v) is 1.89. The van der Waals surface area contributed by atoms with E-state index >= 15 is 0 Å². The Hall–Kier alpha value is -1.87. The third-order valence-corrected chi connectivity index (χ3v) is 3.22. The molecule has 3 heteroatoms. The molecule has 2 rings (SSSR count). The average molecular weight is 258 g/mol. The van der Waals surface area contributed by atoms with Crippen LogP contribution in [0.4, 0.5) is 0 Å². The van der Waals surface area contributed by atoms with E-state index in [0.717, 1.165) is 10.9 Å². The number of esters is 1. The Bertz CT molecular complexity index is 577. The molecule has 0 saturated heterocycles. The van der Waals surface area contributed by atoms with Gasteiger partial charge in [0.1, 0.15) is 6.10 Å². The van der Waals surface area contributed by atoms with Gasteiger partial charge in [-0.05, 0) is 36.2 Å². The molecule has 0 aliphatic rings. The normalized spacial score (nSPS) is 14.1. The predicted octanol–water partition coefficient (Wildman–Crippen LogP) is 3.48. The van der Waals surface area contributed by atoms with E-state index in [2.05, 4.69) is 6.07 Å². The van der Waals surface area contributed by atoms with Gasteiger partial charge in [-0.2, -0.15) is 0 Å². The quantitative estimate of drug-likeness (QED) is 0.788. The van der Waals surface area contributed by atoms with Crippen molar-refractivity contribution in [2.45, 2.75) is 26.1 Å². The van der Waals surface area contributed by atoms with Crippen molar-refractivity contribution in [3.63, 3.8) is 0 Å². The first-order valence-electron chi connectivity index (χ1n) is 6.34. The van der Waals surface area contributed by atoms with Crippen molar-refractivity contribution in [2.24, 2.45) is 0 Å². The zero-order valence-electron chi connectivity index (χ0n) is 11.4. The summed E-state index contributed by atoms with van der Waals surface area (Å²) in [4.78, 5) is 11.7. The van der Waals surface area contributed by atoms with E-state index in [4.69, 9.17) is 9.47 Å². The first-order chi connectivity index (χ1) is 9.11. The molecule has 0 aliphatic heterocycles. The molecular formula is C16H18O3. The minimum absolute atomic E-state index is 0.283. The molecule has 0 bridgehead atoms. The lowest BCUT2D eigenvalue weighted by Gasteiger charge is -2.16. The number of fused-ring (bicyclic) bond motifs is 1. The largest absolute Gasteiger partial charge is 0.456 e. The van der Waals surface area contributed by atoms with E-state index in [0.29, 0.717) is 0 Å². The number of hydrogen-bond acceptors (Lipinski definition) is 3. The van der Waals surface area contributed by atoms with Crippen molar-refractivity contribution in [2.75, 3.05) is 7.11 Å². The molecule has 0 unspecified atom stereocenters. The molecule has 0 N–H and O–H groups in total. The van der Waals surface area contributed by atoms with E-state index < -0.39 is 6.10 Å². The minimum Gasteiger partial charge on any atom is -0.456 e. The van der Waals surface area contributed by atoms with Gasteiger partial charge >= 0.3 is 5.97 Å². The van der Waals surface area contributed by atoms with Crippen molar-refractivity contribution >= 4 is 16.7 Å². The molecule has 0 radical (unpaired) electrons. The number of rotatable bonds is 4. The summed E-state index contributed by atoms with van der Waals surface area (Å²) in [7, 11) is 1.49. The standard InChI is InChI=1S/C16H18O3/c1-11(19-16(17)12(2)18-3)14-9-8-13-6-4-5-7-15(13)10-14/h4-12H,1-3H3/t11-,12-/m0/s1. The Labute approximate surface area is 113 Å². The smallest absolute Gasteiger partial charge is 0.335 e. The monoisotopic (exact) mass is 258 g/mol. The Morgan fingerprint density at radius 2 is 1.74 bits per heavy atom. The second-order valence-electron chi connectivity index (χ2n) is 4.56. The predicted molar refractivity (Wildman–Crippen MR) is 74.9 cm³/mol. The summed E-state index contributed by atoms with van der Waals surface area (Å²) in [6.45, 7) is 3.54. The number of carbonyl (C=O) groups excluding carboxylic acids is 1. The highest BCUT2D eigenvalue weighted by molar-refractivity contribution is 5.83. The molecule has 0 amide bonds. The van der Waals surface area contributed by atoms with Crippen molar-refractivity contribution in [1.29, 1.82) is 0 Å². The van der Waals surface area contributed by atoms with Crippen molar-refractivity contribution in [3.8, 4) is 0 Å². The average Bonchev–Trinajstić information content (AvgIpc) is 2.45. The summed E-state index contributed by atoms with van der Waals surface area (Å²) in [6, 6.07) is 14.2. The summed E-state index contributed by atoms with van der Waals surface area (Å²) in [5.74, 6) is -0.344. The van der Waals surface area contributed by atoms with Gasteiger partial charge in [0.2, 0.25) is 0 Å². The number of carbonyl (C=O) groups is 1. The highest BCUT2D eigenvalue weighted by Crippen LogP contribution is 2.23. The van der Waals surface area contributed by atoms with E-state index in [1.807, 2.05) is 43.3 Å². The van der Waals surface area contributed by atoms with E-state index in [-0.39, 0.29) is 12.1 Å². The maximum Gasteiger partial charge on any atom is 0.335 e. The van der Waals surface area contributed by atoms with Crippen LogP contribution in [0, 0.1) is 0 Å². The van der Waals surface area contributed by atoms with Crippen LogP contribution in [-0.2, 0) is 14.3 Å². The second-order valence-corrected chi connectivity index (χ2v) is 4.56. The van der Waals surface area contributed by atoms with Gasteiger partial charge < -0.3 is 9.47 Å². The van der Waals surface area contributed by atoms with Crippen LogP contribution >= 0.6 is 0 Å². The SMILES string of the molecule is CO[C@@H](C)C(=O)O[C@@H](C)c1ccc2ccccc2c1. The Kier molecular flexibility index (Phi) is 4.17. The number of hydrogen-bond donors (Lipinski definition) is 0. The molecule has 2 aromatic carbocycles. The lowest BCUT2D eigenvalue weighted by molar-refractivity contribution is -0.159. The van der Waals surface area contributed by atoms with Gasteiger partial charge in [-0.1, -0.05) is 36.4 Å². The van der Waals surface area contributed by atoms with Crippen molar-refractivity contribution < 1.29 is 14.3 Å². The third kappa shape index (κ3) is 3.12. The highest BCUT2D eigenvalue weighted by Gasteiger charge is 2.17. The molecule has 0 aromatic heterocycles. The molecule has 19 heavy (non-hydrogen) atoms. The number of ether oxygens (including phenoxy) is 2. The fourth-order valence-electron chi connectivity index (χ4n) is 1.89. The van der Waals surface area contributed by atoms with Gasteiger partial charge in [0.25, 0.3) is 0 Å². The lowest BCUT2D eigenvalue weighted by atomic mass is 10.0. The summed E-state index contributed by atoms with van der Waals surface area (Å²) in [6.07, 6.45) is -0.822. The molecular weight excluding hydrogens is 240 g/mol. The topological polar surface area (TPSA) is 35.5 Å². The zero-order chi connectivity index (χ0) is 13.8. The van der Waals surface area contributed by atoms with Crippen LogP contribution in [0.25, 0.3) is 10.8 Å². The molecule has 0 fully saturated rings. The molecule has 100 valence electrons. The lowest BCUT2D eigenvalue weighted by Crippen LogP contribution is -2.23. The number of benzene rings is 2. The van der Waals surface area contributed by atoms with Crippen LogP contribution in [0.3, 0.4) is 0 Å². The van der Waals surface area contributed by atoms with Gasteiger partial charge in [0, 0.05) is 7.11 Å². The first-order valence-corrected chi connectivity index (χ1v) is 6.34. The maximum atomic E-state index is 11.7. The molecule has 0 aliphatic carbocycles. The van der Waals surface area contributed by atoms with Crippen LogP contribution in [0.5, 0.6) is 0 Å². The van der Waals surface area contributed by atoms with Gasteiger partial charge in [-0.25, -0.2) is 4.79 Å². The van der Waals surface area contributed by atoms with Crippen LogP contribution < -0.4 is 0 Å². The fraction of sp³-hybridized carbons (Fsp3) is 0.312. The second kappa shape index (κ2) is 5.85.